The fourth-order valence-corrected chi connectivity index (χ4v) is 1.92. The van der Waals surface area contributed by atoms with E-state index >= 15 is 0 Å². The molecule has 3 nitrogen and oxygen atoms in total. The number of aliphatic carboxylic acids is 1. The monoisotopic (exact) mass is 234 g/mol. The molecule has 0 radical (unpaired) electrons. The maximum absolute atomic E-state index is 11.3. The van der Waals surface area contributed by atoms with Crippen molar-refractivity contribution in [3.05, 3.63) is 42.5 Å². The first-order valence-corrected chi connectivity index (χ1v) is 5.63. The van der Waals surface area contributed by atoms with Gasteiger partial charge in [-0.05, 0) is 30.0 Å². The summed E-state index contributed by atoms with van der Waals surface area (Å²) in [5.74, 6) is -0.684. The second-order valence-corrected chi connectivity index (χ2v) is 3.90. The Morgan fingerprint density at radius 1 is 1.47 bits per heavy atom. The lowest BCUT2D eigenvalue weighted by molar-refractivity contribution is -0.139. The summed E-state index contributed by atoms with van der Waals surface area (Å²) in [7, 11) is 1.59. The van der Waals surface area contributed by atoms with Crippen molar-refractivity contribution < 1.29 is 14.6 Å². The Bertz CT molecular complexity index is 381. The van der Waals surface area contributed by atoms with Gasteiger partial charge in [0.2, 0.25) is 0 Å². The lowest BCUT2D eigenvalue weighted by atomic mass is 9.84. The first-order valence-electron chi connectivity index (χ1n) is 5.63. The van der Waals surface area contributed by atoms with Crippen LogP contribution >= 0.6 is 0 Å². The van der Waals surface area contributed by atoms with Crippen LogP contribution in [-0.4, -0.2) is 18.2 Å². The van der Waals surface area contributed by atoms with Crippen molar-refractivity contribution in [3.63, 3.8) is 0 Å². The zero-order valence-corrected chi connectivity index (χ0v) is 10.2. The fourth-order valence-electron chi connectivity index (χ4n) is 1.92. The van der Waals surface area contributed by atoms with Crippen LogP contribution in [0.3, 0.4) is 0 Å². The van der Waals surface area contributed by atoms with Crippen molar-refractivity contribution in [3.8, 4) is 5.75 Å². The third kappa shape index (κ3) is 3.09. The summed E-state index contributed by atoms with van der Waals surface area (Å²) in [6.45, 7) is 5.67. The van der Waals surface area contributed by atoms with E-state index in [2.05, 4.69) is 6.58 Å². The number of carbonyl (C=O) groups is 1. The van der Waals surface area contributed by atoms with Gasteiger partial charge in [-0.2, -0.15) is 0 Å². The Morgan fingerprint density at radius 3 is 2.41 bits per heavy atom. The van der Waals surface area contributed by atoms with Crippen molar-refractivity contribution in [2.45, 2.75) is 19.3 Å². The summed E-state index contributed by atoms with van der Waals surface area (Å²) in [6, 6.07) is 7.15. The molecule has 1 aromatic carbocycles. The molecule has 0 aliphatic heterocycles. The van der Waals surface area contributed by atoms with E-state index < -0.39 is 11.9 Å². The van der Waals surface area contributed by atoms with E-state index in [0.29, 0.717) is 0 Å². The van der Waals surface area contributed by atoms with Gasteiger partial charge in [-0.1, -0.05) is 25.1 Å². The molecule has 0 saturated carbocycles. The second kappa shape index (κ2) is 6.09. The molecule has 0 aromatic heterocycles. The highest BCUT2D eigenvalue weighted by molar-refractivity contribution is 5.77. The standard InChI is InChI=1S/C14H18O3/c1-4-10(5-2)13(14(15)16)11-6-8-12(17-3)9-7-11/h4,6-10,13H,1,5H2,2-3H3,(H,15,16)/t10-,13-/m0/s1. The van der Waals surface area contributed by atoms with Crippen LogP contribution in [0.4, 0.5) is 0 Å². The van der Waals surface area contributed by atoms with E-state index in [1.807, 2.05) is 6.92 Å². The van der Waals surface area contributed by atoms with Gasteiger partial charge in [-0.15, -0.1) is 6.58 Å². The number of allylic oxidation sites excluding steroid dienone is 1. The highest BCUT2D eigenvalue weighted by atomic mass is 16.5. The predicted molar refractivity (Wildman–Crippen MR) is 67.3 cm³/mol. The van der Waals surface area contributed by atoms with E-state index in [0.717, 1.165) is 17.7 Å². The van der Waals surface area contributed by atoms with Crippen LogP contribution in [0.25, 0.3) is 0 Å². The number of ether oxygens (including phenoxy) is 1. The van der Waals surface area contributed by atoms with E-state index in [4.69, 9.17) is 4.74 Å². The van der Waals surface area contributed by atoms with Crippen molar-refractivity contribution in [2.75, 3.05) is 7.11 Å². The number of rotatable bonds is 6. The smallest absolute Gasteiger partial charge is 0.311 e. The molecule has 0 aliphatic carbocycles. The van der Waals surface area contributed by atoms with Crippen LogP contribution in [0.1, 0.15) is 24.8 Å². The summed E-state index contributed by atoms with van der Waals surface area (Å²) >= 11 is 0. The third-order valence-electron chi connectivity index (χ3n) is 2.94. The molecule has 17 heavy (non-hydrogen) atoms. The Kier molecular flexibility index (Phi) is 4.76. The summed E-state index contributed by atoms with van der Waals surface area (Å²) in [6.07, 6.45) is 2.47. The molecular weight excluding hydrogens is 216 g/mol. The summed E-state index contributed by atoms with van der Waals surface area (Å²) in [4.78, 5) is 11.3. The van der Waals surface area contributed by atoms with E-state index in [1.165, 1.54) is 0 Å². The second-order valence-electron chi connectivity index (χ2n) is 3.90. The van der Waals surface area contributed by atoms with Crippen molar-refractivity contribution in [1.82, 2.24) is 0 Å². The molecule has 1 rings (SSSR count). The molecule has 92 valence electrons. The Hall–Kier alpha value is -1.77. The zero-order chi connectivity index (χ0) is 12.8. The predicted octanol–water partition coefficient (Wildman–Crippen LogP) is 3.08. The van der Waals surface area contributed by atoms with Crippen molar-refractivity contribution in [1.29, 1.82) is 0 Å². The van der Waals surface area contributed by atoms with Gasteiger partial charge in [0, 0.05) is 0 Å². The molecule has 0 bridgehead atoms. The van der Waals surface area contributed by atoms with Crippen LogP contribution in [0.15, 0.2) is 36.9 Å². The molecule has 0 saturated heterocycles. The lowest BCUT2D eigenvalue weighted by Gasteiger charge is -2.20. The minimum Gasteiger partial charge on any atom is -0.497 e. The summed E-state index contributed by atoms with van der Waals surface area (Å²) in [5.41, 5.74) is 0.782. The first kappa shape index (κ1) is 13.3. The van der Waals surface area contributed by atoms with Gasteiger partial charge >= 0.3 is 5.97 Å². The molecular formula is C14H18O3. The van der Waals surface area contributed by atoms with Gasteiger partial charge in [0.05, 0.1) is 13.0 Å². The Labute approximate surface area is 102 Å². The van der Waals surface area contributed by atoms with Crippen LogP contribution in [0.5, 0.6) is 5.75 Å². The fraction of sp³-hybridized carbons (Fsp3) is 0.357. The molecule has 0 spiro atoms. The molecule has 0 heterocycles. The average molecular weight is 234 g/mol. The maximum atomic E-state index is 11.3. The normalized spacial score (nSPS) is 13.8. The lowest BCUT2D eigenvalue weighted by Crippen LogP contribution is -2.19. The quantitative estimate of drug-likeness (QED) is 0.769. The maximum Gasteiger partial charge on any atom is 0.311 e. The van der Waals surface area contributed by atoms with Gasteiger partial charge in [0.25, 0.3) is 0 Å². The molecule has 0 amide bonds. The van der Waals surface area contributed by atoms with Crippen molar-refractivity contribution in [2.24, 2.45) is 5.92 Å². The van der Waals surface area contributed by atoms with Gasteiger partial charge < -0.3 is 9.84 Å². The Morgan fingerprint density at radius 2 is 2.06 bits per heavy atom. The number of hydrogen-bond donors (Lipinski definition) is 1. The van der Waals surface area contributed by atoms with Crippen molar-refractivity contribution >= 4 is 5.97 Å². The molecule has 3 heteroatoms. The van der Waals surface area contributed by atoms with Crippen LogP contribution < -0.4 is 4.74 Å². The zero-order valence-electron chi connectivity index (χ0n) is 10.2. The highest BCUT2D eigenvalue weighted by Crippen LogP contribution is 2.29. The molecule has 0 fully saturated rings. The number of carboxylic acid groups (broad SMARTS) is 1. The minimum absolute atomic E-state index is 0.0547. The molecule has 1 aromatic rings. The van der Waals surface area contributed by atoms with Gasteiger partial charge in [-0.3, -0.25) is 4.79 Å². The largest absolute Gasteiger partial charge is 0.497 e. The summed E-state index contributed by atoms with van der Waals surface area (Å²) < 4.78 is 5.05. The number of benzene rings is 1. The first-order chi connectivity index (χ1) is 8.13. The van der Waals surface area contributed by atoms with Gasteiger partial charge in [0.1, 0.15) is 5.75 Å². The van der Waals surface area contributed by atoms with Crippen LogP contribution in [-0.2, 0) is 4.79 Å². The van der Waals surface area contributed by atoms with E-state index in [-0.39, 0.29) is 5.92 Å². The molecule has 0 unspecified atom stereocenters. The SMILES string of the molecule is C=C[C@@H](CC)[C@H](C(=O)O)c1ccc(OC)cc1. The van der Waals surface area contributed by atoms with Gasteiger partial charge in [0.15, 0.2) is 0 Å². The number of methoxy groups -OCH3 is 1. The molecule has 0 aliphatic rings. The van der Waals surface area contributed by atoms with Crippen LogP contribution in [0, 0.1) is 5.92 Å². The van der Waals surface area contributed by atoms with Gasteiger partial charge in [-0.25, -0.2) is 0 Å². The van der Waals surface area contributed by atoms with E-state index in [9.17, 15) is 9.90 Å². The summed E-state index contributed by atoms with van der Waals surface area (Å²) in [5, 5.41) is 9.31. The van der Waals surface area contributed by atoms with E-state index in [1.54, 1.807) is 37.5 Å². The molecule has 2 atom stereocenters. The highest BCUT2D eigenvalue weighted by Gasteiger charge is 2.26. The molecule has 1 N–H and O–H groups in total. The Balaban J connectivity index is 3.04. The average Bonchev–Trinajstić information content (AvgIpc) is 2.35. The topological polar surface area (TPSA) is 46.5 Å². The third-order valence-corrected chi connectivity index (χ3v) is 2.94. The number of hydrogen-bond acceptors (Lipinski definition) is 2. The number of carboxylic acids is 1. The van der Waals surface area contributed by atoms with Crippen LogP contribution in [0.2, 0.25) is 0 Å². The minimum atomic E-state index is -0.818.